The van der Waals surface area contributed by atoms with E-state index in [9.17, 15) is 13.2 Å². The zero-order valence-electron chi connectivity index (χ0n) is 10.2. The Kier molecular flexibility index (Phi) is 2.76. The maximum absolute atomic E-state index is 12.3. The molecule has 6 heteroatoms. The van der Waals surface area contributed by atoms with E-state index >= 15 is 0 Å². The van der Waals surface area contributed by atoms with Crippen LogP contribution in [0.5, 0.6) is 5.88 Å². The molecule has 3 nitrogen and oxygen atoms in total. The molecule has 0 unspecified atom stereocenters. The lowest BCUT2D eigenvalue weighted by molar-refractivity contribution is -0.276. The lowest BCUT2D eigenvalue weighted by atomic mass is 9.93. The van der Waals surface area contributed by atoms with Crippen LogP contribution in [0.25, 0.3) is 5.65 Å². The van der Waals surface area contributed by atoms with E-state index in [0.717, 1.165) is 0 Å². The summed E-state index contributed by atoms with van der Waals surface area (Å²) in [6, 6.07) is 4.38. The molecule has 0 fully saturated rings. The number of pyridine rings is 1. The molecule has 0 aliphatic carbocycles. The molecule has 2 rings (SSSR count). The molecule has 2 heterocycles. The van der Waals surface area contributed by atoms with Gasteiger partial charge in [0, 0.05) is 11.6 Å². The van der Waals surface area contributed by atoms with Crippen LogP contribution in [-0.4, -0.2) is 15.7 Å². The van der Waals surface area contributed by atoms with Gasteiger partial charge in [0.15, 0.2) is 0 Å². The summed E-state index contributed by atoms with van der Waals surface area (Å²) in [5, 5.41) is 0. The molecule has 2 aromatic rings. The third-order valence-corrected chi connectivity index (χ3v) is 2.44. The van der Waals surface area contributed by atoms with Crippen molar-refractivity contribution in [3.63, 3.8) is 0 Å². The minimum Gasteiger partial charge on any atom is -0.389 e. The third-order valence-electron chi connectivity index (χ3n) is 2.44. The van der Waals surface area contributed by atoms with Crippen molar-refractivity contribution in [3.8, 4) is 5.88 Å². The standard InChI is InChI=1S/C12H13F3N2O/c1-11(2,3)8-7-17-9(16-8)5-4-6-10(17)18-12(13,14)15/h4-7H,1-3H3. The van der Waals surface area contributed by atoms with Crippen molar-refractivity contribution in [2.24, 2.45) is 0 Å². The molecule has 0 aromatic carbocycles. The summed E-state index contributed by atoms with van der Waals surface area (Å²) in [6.07, 6.45) is -3.14. The van der Waals surface area contributed by atoms with E-state index in [1.807, 2.05) is 20.8 Å². The number of halogens is 3. The van der Waals surface area contributed by atoms with Gasteiger partial charge in [-0.3, -0.25) is 4.40 Å². The molecular weight excluding hydrogens is 245 g/mol. The van der Waals surface area contributed by atoms with Gasteiger partial charge in [-0.2, -0.15) is 0 Å². The van der Waals surface area contributed by atoms with Crippen LogP contribution in [0.3, 0.4) is 0 Å². The minimum atomic E-state index is -4.71. The Balaban J connectivity index is 2.53. The van der Waals surface area contributed by atoms with E-state index in [1.165, 1.54) is 16.5 Å². The highest BCUT2D eigenvalue weighted by atomic mass is 19.4. The minimum absolute atomic E-state index is 0.235. The molecule has 0 saturated heterocycles. The Labute approximate surface area is 102 Å². The number of imidazole rings is 1. The van der Waals surface area contributed by atoms with Gasteiger partial charge in [0.05, 0.1) is 5.69 Å². The number of alkyl halides is 3. The Hall–Kier alpha value is -1.72. The molecule has 0 saturated carbocycles. The van der Waals surface area contributed by atoms with Gasteiger partial charge in [-0.05, 0) is 12.1 Å². The van der Waals surface area contributed by atoms with Gasteiger partial charge in [-0.15, -0.1) is 13.2 Å². The summed E-state index contributed by atoms with van der Waals surface area (Å²) in [6.45, 7) is 5.83. The van der Waals surface area contributed by atoms with E-state index in [0.29, 0.717) is 11.3 Å². The fourth-order valence-corrected chi connectivity index (χ4v) is 1.55. The third kappa shape index (κ3) is 2.57. The van der Waals surface area contributed by atoms with E-state index < -0.39 is 6.36 Å². The highest BCUT2D eigenvalue weighted by Crippen LogP contribution is 2.27. The average Bonchev–Trinajstić information content (AvgIpc) is 2.59. The molecule has 0 aliphatic heterocycles. The van der Waals surface area contributed by atoms with Crippen LogP contribution in [0.1, 0.15) is 26.5 Å². The highest BCUT2D eigenvalue weighted by Gasteiger charge is 2.32. The molecule has 2 aromatic heterocycles. The van der Waals surface area contributed by atoms with Crippen molar-refractivity contribution in [2.45, 2.75) is 32.5 Å². The van der Waals surface area contributed by atoms with Crippen molar-refractivity contribution in [1.29, 1.82) is 0 Å². The molecule has 98 valence electrons. The number of fused-ring (bicyclic) bond motifs is 1. The van der Waals surface area contributed by atoms with Gasteiger partial charge in [0.25, 0.3) is 0 Å². The monoisotopic (exact) mass is 258 g/mol. The van der Waals surface area contributed by atoms with Crippen molar-refractivity contribution >= 4 is 5.65 Å². The second-order valence-corrected chi connectivity index (χ2v) is 5.02. The number of hydrogen-bond acceptors (Lipinski definition) is 2. The van der Waals surface area contributed by atoms with E-state index in [4.69, 9.17) is 0 Å². The highest BCUT2D eigenvalue weighted by molar-refractivity contribution is 5.44. The normalized spacial score (nSPS) is 13.0. The predicted molar refractivity (Wildman–Crippen MR) is 60.6 cm³/mol. The van der Waals surface area contributed by atoms with Gasteiger partial charge in [0.2, 0.25) is 5.88 Å². The van der Waals surface area contributed by atoms with Gasteiger partial charge in [0.1, 0.15) is 5.65 Å². The van der Waals surface area contributed by atoms with Gasteiger partial charge in [-0.25, -0.2) is 4.98 Å². The van der Waals surface area contributed by atoms with Crippen molar-refractivity contribution in [2.75, 3.05) is 0 Å². The molecule has 18 heavy (non-hydrogen) atoms. The second-order valence-electron chi connectivity index (χ2n) is 5.02. The average molecular weight is 258 g/mol. The number of nitrogens with zero attached hydrogens (tertiary/aromatic N) is 2. The number of aromatic nitrogens is 2. The Bertz CT molecular complexity index is 567. The zero-order valence-corrected chi connectivity index (χ0v) is 10.2. The summed E-state index contributed by atoms with van der Waals surface area (Å²) in [4.78, 5) is 4.29. The summed E-state index contributed by atoms with van der Waals surface area (Å²) in [5.74, 6) is -0.289. The van der Waals surface area contributed by atoms with Crippen LogP contribution in [-0.2, 0) is 5.41 Å². The van der Waals surface area contributed by atoms with Crippen LogP contribution < -0.4 is 4.74 Å². The summed E-state index contributed by atoms with van der Waals surface area (Å²) < 4.78 is 42.0. The molecule has 0 bridgehead atoms. The predicted octanol–water partition coefficient (Wildman–Crippen LogP) is 3.53. The van der Waals surface area contributed by atoms with Crippen molar-refractivity contribution in [1.82, 2.24) is 9.38 Å². The van der Waals surface area contributed by atoms with Gasteiger partial charge >= 0.3 is 6.36 Å². The molecule has 0 radical (unpaired) electrons. The van der Waals surface area contributed by atoms with Gasteiger partial charge < -0.3 is 4.74 Å². The zero-order chi connectivity index (χ0) is 13.6. The largest absolute Gasteiger partial charge is 0.574 e. The molecule has 0 spiro atoms. The van der Waals surface area contributed by atoms with Crippen LogP contribution in [0, 0.1) is 0 Å². The smallest absolute Gasteiger partial charge is 0.389 e. The molecule has 0 aliphatic rings. The maximum Gasteiger partial charge on any atom is 0.574 e. The van der Waals surface area contributed by atoms with E-state index in [1.54, 1.807) is 12.3 Å². The topological polar surface area (TPSA) is 26.5 Å². The Morgan fingerprint density at radius 1 is 1.17 bits per heavy atom. The lowest BCUT2D eigenvalue weighted by Gasteiger charge is -2.13. The summed E-state index contributed by atoms with van der Waals surface area (Å²) in [5.41, 5.74) is 0.907. The van der Waals surface area contributed by atoms with Crippen LogP contribution in [0.15, 0.2) is 24.4 Å². The van der Waals surface area contributed by atoms with E-state index in [2.05, 4.69) is 9.72 Å². The summed E-state index contributed by atoms with van der Waals surface area (Å²) in [7, 11) is 0. The van der Waals surface area contributed by atoms with E-state index in [-0.39, 0.29) is 11.3 Å². The first-order valence-corrected chi connectivity index (χ1v) is 5.41. The summed E-state index contributed by atoms with van der Waals surface area (Å²) >= 11 is 0. The Morgan fingerprint density at radius 3 is 2.39 bits per heavy atom. The molecular formula is C12H13F3N2O. The molecule has 0 N–H and O–H groups in total. The first-order chi connectivity index (χ1) is 8.17. The SMILES string of the molecule is CC(C)(C)c1cn2c(OC(F)(F)F)cccc2n1. The first-order valence-electron chi connectivity index (χ1n) is 5.41. The second kappa shape index (κ2) is 3.90. The fourth-order valence-electron chi connectivity index (χ4n) is 1.55. The quantitative estimate of drug-likeness (QED) is 0.782. The molecule has 0 amide bonds. The Morgan fingerprint density at radius 2 is 1.83 bits per heavy atom. The lowest BCUT2D eigenvalue weighted by Crippen LogP contribution is -2.18. The van der Waals surface area contributed by atoms with Gasteiger partial charge in [-0.1, -0.05) is 26.8 Å². The van der Waals surface area contributed by atoms with Crippen molar-refractivity contribution < 1.29 is 17.9 Å². The van der Waals surface area contributed by atoms with Crippen LogP contribution >= 0.6 is 0 Å². The van der Waals surface area contributed by atoms with Crippen molar-refractivity contribution in [3.05, 3.63) is 30.1 Å². The first kappa shape index (κ1) is 12.7. The number of rotatable bonds is 1. The maximum atomic E-state index is 12.3. The fraction of sp³-hybridized carbons (Fsp3) is 0.417. The van der Waals surface area contributed by atoms with Crippen LogP contribution in [0.2, 0.25) is 0 Å². The van der Waals surface area contributed by atoms with Crippen LogP contribution in [0.4, 0.5) is 13.2 Å². The molecule has 0 atom stereocenters. The number of hydrogen-bond donors (Lipinski definition) is 0. The number of ether oxygens (including phenoxy) is 1.